The number of aryl methyl sites for hydroxylation is 1. The number of halogens is 2. The molecule has 3 heterocycles. The Labute approximate surface area is 233 Å². The van der Waals surface area contributed by atoms with Gasteiger partial charge in [-0.3, -0.25) is 9.59 Å². The Hall–Kier alpha value is -2.66. The number of carbonyl (C=O) groups is 2. The summed E-state index contributed by atoms with van der Waals surface area (Å²) in [7, 11) is 0. The maximum absolute atomic E-state index is 13.8. The molecular weight excluding hydrogens is 524 g/mol. The van der Waals surface area contributed by atoms with Crippen LogP contribution in [0.2, 0.25) is 0 Å². The molecule has 2 aromatic heterocycles. The number of likely N-dealkylation sites (tertiary alicyclic amines) is 1. The third kappa shape index (κ3) is 9.20. The highest BCUT2D eigenvalue weighted by Crippen LogP contribution is 2.37. The van der Waals surface area contributed by atoms with Crippen LogP contribution in [0.15, 0.2) is 12.3 Å². The van der Waals surface area contributed by atoms with Gasteiger partial charge >= 0.3 is 0 Å². The zero-order valence-corrected chi connectivity index (χ0v) is 24.1. The lowest BCUT2D eigenvalue weighted by Crippen LogP contribution is -2.38. The molecule has 0 aromatic carbocycles. The number of thiazole rings is 1. The van der Waals surface area contributed by atoms with Gasteiger partial charge in [-0.15, -0.1) is 11.3 Å². The molecule has 2 aromatic rings. The summed E-state index contributed by atoms with van der Waals surface area (Å²) in [6.45, 7) is 7.97. The third-order valence-corrected chi connectivity index (χ3v) is 8.22. The van der Waals surface area contributed by atoms with Crippen molar-refractivity contribution in [3.05, 3.63) is 28.5 Å². The molecule has 1 atom stereocenters. The SMILES string of the molecule is CC1CCCCN1C=O.Cc1nc(C(=O)NCC(C)(C)O)sc1-c1cnc(NC2CCCCC2)cc1C(F)F. The number of hydrogen-bond donors (Lipinski definition) is 3. The largest absolute Gasteiger partial charge is 0.389 e. The topological polar surface area (TPSA) is 107 Å². The van der Waals surface area contributed by atoms with Crippen molar-refractivity contribution in [2.75, 3.05) is 18.4 Å². The van der Waals surface area contributed by atoms with Crippen LogP contribution in [-0.4, -0.2) is 63.1 Å². The van der Waals surface area contributed by atoms with Crippen molar-refractivity contribution in [1.82, 2.24) is 20.2 Å². The minimum atomic E-state index is -2.68. The Balaban J connectivity index is 0.000000395. The number of anilines is 1. The van der Waals surface area contributed by atoms with E-state index in [0.717, 1.165) is 50.0 Å². The van der Waals surface area contributed by atoms with Crippen LogP contribution in [-0.2, 0) is 4.79 Å². The Kier molecular flexibility index (Phi) is 11.2. The maximum atomic E-state index is 13.8. The number of rotatable bonds is 8. The molecule has 3 N–H and O–H groups in total. The highest BCUT2D eigenvalue weighted by atomic mass is 32.1. The number of carbonyl (C=O) groups excluding carboxylic acids is 2. The van der Waals surface area contributed by atoms with E-state index in [1.54, 1.807) is 20.8 Å². The number of pyridine rings is 1. The van der Waals surface area contributed by atoms with Gasteiger partial charge < -0.3 is 20.6 Å². The van der Waals surface area contributed by atoms with E-state index in [-0.39, 0.29) is 28.7 Å². The normalized spacial score (nSPS) is 18.4. The van der Waals surface area contributed by atoms with Crippen LogP contribution in [0.3, 0.4) is 0 Å². The second-order valence-electron chi connectivity index (χ2n) is 11.1. The second kappa shape index (κ2) is 14.1. The number of nitrogens with zero attached hydrogens (tertiary/aromatic N) is 3. The van der Waals surface area contributed by atoms with Gasteiger partial charge in [-0.05, 0) is 65.9 Å². The number of aliphatic hydroxyl groups is 1. The summed E-state index contributed by atoms with van der Waals surface area (Å²) >= 11 is 1.05. The van der Waals surface area contributed by atoms with Crippen molar-refractivity contribution in [3.8, 4) is 10.4 Å². The molecular formula is C28H41F2N5O3S. The molecule has 1 aliphatic heterocycles. The third-order valence-electron chi connectivity index (χ3n) is 7.04. The smallest absolute Gasteiger partial charge is 0.280 e. The fraction of sp³-hybridized carbons (Fsp3) is 0.643. The Morgan fingerprint density at radius 3 is 2.51 bits per heavy atom. The van der Waals surface area contributed by atoms with Crippen molar-refractivity contribution >= 4 is 29.5 Å². The lowest BCUT2D eigenvalue weighted by molar-refractivity contribution is -0.120. The van der Waals surface area contributed by atoms with Gasteiger partial charge in [-0.2, -0.15) is 0 Å². The molecule has 1 saturated heterocycles. The quantitative estimate of drug-likeness (QED) is 0.354. The minimum absolute atomic E-state index is 0.0607. The van der Waals surface area contributed by atoms with Crippen LogP contribution < -0.4 is 10.6 Å². The first kappa shape index (κ1) is 30.9. The molecule has 0 bridgehead atoms. The summed E-state index contributed by atoms with van der Waals surface area (Å²) in [5, 5.41) is 15.8. The highest BCUT2D eigenvalue weighted by molar-refractivity contribution is 7.17. The van der Waals surface area contributed by atoms with Gasteiger partial charge in [0.2, 0.25) is 6.41 Å². The fourth-order valence-electron chi connectivity index (χ4n) is 4.77. The number of amides is 2. The number of piperidine rings is 1. The molecule has 0 spiro atoms. The average molecular weight is 566 g/mol. The van der Waals surface area contributed by atoms with Crippen molar-refractivity contribution in [2.24, 2.45) is 0 Å². The van der Waals surface area contributed by atoms with E-state index >= 15 is 0 Å². The zero-order valence-electron chi connectivity index (χ0n) is 23.3. The summed E-state index contributed by atoms with van der Waals surface area (Å²) in [4.78, 5) is 33.6. The molecule has 216 valence electrons. The highest BCUT2D eigenvalue weighted by Gasteiger charge is 2.24. The minimum Gasteiger partial charge on any atom is -0.389 e. The fourth-order valence-corrected chi connectivity index (χ4v) is 5.78. The van der Waals surface area contributed by atoms with E-state index in [0.29, 0.717) is 22.4 Å². The van der Waals surface area contributed by atoms with E-state index in [2.05, 4.69) is 27.5 Å². The van der Waals surface area contributed by atoms with Crippen LogP contribution in [0.4, 0.5) is 14.6 Å². The molecule has 1 unspecified atom stereocenters. The van der Waals surface area contributed by atoms with Gasteiger partial charge in [0.1, 0.15) is 5.82 Å². The molecule has 4 rings (SSSR count). The molecule has 2 aliphatic rings. The first-order chi connectivity index (χ1) is 18.5. The molecule has 2 fully saturated rings. The maximum Gasteiger partial charge on any atom is 0.280 e. The summed E-state index contributed by atoms with van der Waals surface area (Å²) < 4.78 is 27.7. The van der Waals surface area contributed by atoms with Gasteiger partial charge in [0, 0.05) is 42.5 Å². The van der Waals surface area contributed by atoms with Crippen molar-refractivity contribution < 1.29 is 23.5 Å². The van der Waals surface area contributed by atoms with Crippen LogP contribution >= 0.6 is 11.3 Å². The van der Waals surface area contributed by atoms with Crippen LogP contribution in [0, 0.1) is 6.92 Å². The number of aromatic nitrogens is 2. The molecule has 1 aliphatic carbocycles. The summed E-state index contributed by atoms with van der Waals surface area (Å²) in [6.07, 6.45) is 8.89. The molecule has 39 heavy (non-hydrogen) atoms. The molecule has 0 radical (unpaired) electrons. The summed E-state index contributed by atoms with van der Waals surface area (Å²) in [5.74, 6) is 0.00452. The summed E-state index contributed by atoms with van der Waals surface area (Å²) in [5.41, 5.74) is -0.405. The van der Waals surface area contributed by atoms with Gasteiger partial charge in [0.25, 0.3) is 12.3 Å². The first-order valence-electron chi connectivity index (χ1n) is 13.7. The lowest BCUT2D eigenvalue weighted by atomic mass is 9.95. The Morgan fingerprint density at radius 2 is 1.92 bits per heavy atom. The van der Waals surface area contributed by atoms with E-state index in [4.69, 9.17) is 0 Å². The predicted molar refractivity (Wildman–Crippen MR) is 150 cm³/mol. The Morgan fingerprint density at radius 1 is 1.23 bits per heavy atom. The number of nitrogens with one attached hydrogen (secondary N) is 2. The van der Waals surface area contributed by atoms with Crippen LogP contribution in [0.5, 0.6) is 0 Å². The molecule has 11 heteroatoms. The molecule has 2 amide bonds. The average Bonchev–Trinajstić information content (AvgIpc) is 3.29. The zero-order chi connectivity index (χ0) is 28.6. The monoisotopic (exact) mass is 565 g/mol. The van der Waals surface area contributed by atoms with Crippen molar-refractivity contribution in [1.29, 1.82) is 0 Å². The van der Waals surface area contributed by atoms with E-state index in [1.165, 1.54) is 37.9 Å². The van der Waals surface area contributed by atoms with Crippen LogP contribution in [0.25, 0.3) is 10.4 Å². The van der Waals surface area contributed by atoms with Gasteiger partial charge in [-0.1, -0.05) is 19.3 Å². The predicted octanol–water partition coefficient (Wildman–Crippen LogP) is 5.71. The first-order valence-corrected chi connectivity index (χ1v) is 14.5. The number of alkyl halides is 2. The second-order valence-corrected chi connectivity index (χ2v) is 12.1. The van der Waals surface area contributed by atoms with Gasteiger partial charge in [0.05, 0.1) is 16.2 Å². The van der Waals surface area contributed by atoms with Gasteiger partial charge in [0.15, 0.2) is 5.01 Å². The number of hydrogen-bond acceptors (Lipinski definition) is 7. The summed E-state index contributed by atoms with van der Waals surface area (Å²) in [6, 6.07) is 2.15. The van der Waals surface area contributed by atoms with Crippen molar-refractivity contribution in [2.45, 2.75) is 103 Å². The van der Waals surface area contributed by atoms with Crippen molar-refractivity contribution in [3.63, 3.8) is 0 Å². The molecule has 8 nitrogen and oxygen atoms in total. The van der Waals surface area contributed by atoms with Gasteiger partial charge in [-0.25, -0.2) is 18.7 Å². The standard InChI is InChI=1S/C21H28F2N4O2S.C7H13NO/c1-12-17(30-20(26-12)19(28)25-11-21(2,3)29)15-10-24-16(9-14(15)18(22)23)27-13-7-5-4-6-8-13;1-7-4-2-3-5-8(7)6-9/h9-10,13,18,29H,4-8,11H2,1-3H3,(H,24,27)(H,25,28);6-7H,2-5H2,1H3. The van der Waals surface area contributed by atoms with E-state index in [9.17, 15) is 23.5 Å². The van der Waals surface area contributed by atoms with Crippen LogP contribution in [0.1, 0.15) is 99.6 Å². The van der Waals surface area contributed by atoms with E-state index < -0.39 is 17.9 Å². The van der Waals surface area contributed by atoms with E-state index in [1.807, 2.05) is 4.90 Å². The lowest BCUT2D eigenvalue weighted by Gasteiger charge is -2.29. The Bertz CT molecular complexity index is 1100. The molecule has 1 saturated carbocycles.